The fraction of sp³-hybridized carbons (Fsp3) is 0.438. The van der Waals surface area contributed by atoms with Gasteiger partial charge in [-0.2, -0.15) is 0 Å². The normalized spacial score (nSPS) is 16.4. The lowest BCUT2D eigenvalue weighted by atomic mass is 9.99. The molecule has 0 atom stereocenters. The second-order valence-corrected chi connectivity index (χ2v) is 7.21. The number of rotatable bonds is 4. The zero-order valence-corrected chi connectivity index (χ0v) is 14.5. The van der Waals surface area contributed by atoms with Gasteiger partial charge in [0.2, 0.25) is 0 Å². The van der Waals surface area contributed by atoms with Gasteiger partial charge in [0.15, 0.2) is 5.13 Å². The maximum Gasteiger partial charge on any atom is 0.276 e. The van der Waals surface area contributed by atoms with Crippen LogP contribution in [0.3, 0.4) is 0 Å². The zero-order chi connectivity index (χ0) is 16.2. The van der Waals surface area contributed by atoms with E-state index < -0.39 is 0 Å². The molecule has 1 saturated heterocycles. The summed E-state index contributed by atoms with van der Waals surface area (Å²) >= 11 is 7.31. The third-order valence-corrected chi connectivity index (χ3v) is 5.03. The number of halogens is 1. The van der Waals surface area contributed by atoms with Crippen LogP contribution in [-0.4, -0.2) is 33.9 Å². The molecular weight excluding hydrogens is 332 g/mol. The zero-order valence-electron chi connectivity index (χ0n) is 13.0. The van der Waals surface area contributed by atoms with E-state index in [1.165, 1.54) is 30.4 Å². The highest BCUT2D eigenvalue weighted by atomic mass is 35.5. The Labute approximate surface area is 144 Å². The molecule has 0 unspecified atom stereocenters. The van der Waals surface area contributed by atoms with Gasteiger partial charge in [0.25, 0.3) is 5.91 Å². The van der Waals surface area contributed by atoms with Gasteiger partial charge < -0.3 is 0 Å². The van der Waals surface area contributed by atoms with Crippen LogP contribution in [0.25, 0.3) is 0 Å². The molecule has 23 heavy (non-hydrogen) atoms. The first-order valence-corrected chi connectivity index (χ1v) is 8.95. The molecule has 0 bridgehead atoms. The third-order valence-electron chi connectivity index (χ3n) is 3.99. The van der Waals surface area contributed by atoms with Crippen molar-refractivity contribution in [3.63, 3.8) is 0 Å². The van der Waals surface area contributed by atoms with E-state index >= 15 is 0 Å². The van der Waals surface area contributed by atoms with Crippen molar-refractivity contribution in [2.45, 2.75) is 26.3 Å². The summed E-state index contributed by atoms with van der Waals surface area (Å²) in [5.41, 5.74) is 1.29. The summed E-state index contributed by atoms with van der Waals surface area (Å²) in [5.74, 6) is 0.530. The summed E-state index contributed by atoms with van der Waals surface area (Å²) in [6.45, 7) is 5.38. The topological polar surface area (TPSA) is 58.1 Å². The molecule has 0 spiro atoms. The molecule has 1 amide bonds. The molecule has 122 valence electrons. The molecule has 2 aromatic heterocycles. The molecule has 3 heterocycles. The Morgan fingerprint density at radius 2 is 2.26 bits per heavy atom. The number of likely N-dealkylation sites (tertiary alicyclic amines) is 1. The summed E-state index contributed by atoms with van der Waals surface area (Å²) < 4.78 is 0. The van der Waals surface area contributed by atoms with E-state index in [0.29, 0.717) is 15.8 Å². The minimum Gasteiger partial charge on any atom is -0.297 e. The molecule has 0 radical (unpaired) electrons. The molecule has 7 heteroatoms. The number of aromatic nitrogens is 2. The van der Waals surface area contributed by atoms with Crippen LogP contribution in [0.15, 0.2) is 23.7 Å². The Hall–Kier alpha value is -1.50. The average molecular weight is 351 g/mol. The van der Waals surface area contributed by atoms with Crippen LogP contribution in [0, 0.1) is 5.92 Å². The molecule has 1 aliphatic heterocycles. The Morgan fingerprint density at radius 1 is 1.48 bits per heavy atom. The molecule has 5 nitrogen and oxygen atoms in total. The first kappa shape index (κ1) is 16.4. The third kappa shape index (κ3) is 4.50. The standard InChI is InChI=1S/C16H19ClN4OS/c1-11-3-6-21(7-4-11)9-13-10-23-16(19-13)20-15(22)14-8-12(17)2-5-18-14/h2,5,8,10-11H,3-4,6-7,9H2,1H3,(H,19,20,22). The van der Waals surface area contributed by atoms with Crippen molar-refractivity contribution in [1.82, 2.24) is 14.9 Å². The maximum absolute atomic E-state index is 12.1. The molecule has 0 aliphatic carbocycles. The molecule has 1 aliphatic rings. The van der Waals surface area contributed by atoms with Crippen molar-refractivity contribution >= 4 is 34.0 Å². The molecule has 0 saturated carbocycles. The molecule has 2 aromatic rings. The first-order chi connectivity index (χ1) is 11.1. The summed E-state index contributed by atoms with van der Waals surface area (Å²) in [4.78, 5) is 23.1. The monoisotopic (exact) mass is 350 g/mol. The van der Waals surface area contributed by atoms with E-state index in [-0.39, 0.29) is 5.91 Å². The SMILES string of the molecule is CC1CCN(Cc2csc(NC(=O)c3cc(Cl)ccn3)n2)CC1. The number of amides is 1. The smallest absolute Gasteiger partial charge is 0.276 e. The van der Waals surface area contributed by atoms with Gasteiger partial charge >= 0.3 is 0 Å². The highest BCUT2D eigenvalue weighted by Crippen LogP contribution is 2.21. The second-order valence-electron chi connectivity index (χ2n) is 5.92. The van der Waals surface area contributed by atoms with E-state index in [9.17, 15) is 4.79 Å². The maximum atomic E-state index is 12.1. The lowest BCUT2D eigenvalue weighted by molar-refractivity contribution is 0.102. The number of nitrogens with one attached hydrogen (secondary N) is 1. The van der Waals surface area contributed by atoms with Gasteiger partial charge in [0, 0.05) is 23.1 Å². The summed E-state index contributed by atoms with van der Waals surface area (Å²) in [6, 6.07) is 3.18. The molecule has 3 rings (SSSR count). The van der Waals surface area contributed by atoms with Gasteiger partial charge in [-0.25, -0.2) is 4.98 Å². The van der Waals surface area contributed by atoms with Crippen LogP contribution in [0.4, 0.5) is 5.13 Å². The van der Waals surface area contributed by atoms with Crippen LogP contribution in [0.1, 0.15) is 35.9 Å². The van der Waals surface area contributed by atoms with Crippen molar-refractivity contribution in [1.29, 1.82) is 0 Å². The number of hydrogen-bond acceptors (Lipinski definition) is 5. The number of thiazole rings is 1. The quantitative estimate of drug-likeness (QED) is 0.913. The van der Waals surface area contributed by atoms with Crippen LogP contribution in [-0.2, 0) is 6.54 Å². The largest absolute Gasteiger partial charge is 0.297 e. The van der Waals surface area contributed by atoms with E-state index in [1.807, 2.05) is 5.38 Å². The van der Waals surface area contributed by atoms with E-state index in [1.54, 1.807) is 12.1 Å². The fourth-order valence-corrected chi connectivity index (χ4v) is 3.43. The number of piperidine rings is 1. The summed E-state index contributed by atoms with van der Waals surface area (Å²) in [7, 11) is 0. The lowest BCUT2D eigenvalue weighted by Crippen LogP contribution is -2.32. The van der Waals surface area contributed by atoms with Gasteiger partial charge in [-0.1, -0.05) is 18.5 Å². The Kier molecular flexibility index (Phi) is 5.25. The van der Waals surface area contributed by atoms with Gasteiger partial charge in [-0.3, -0.25) is 20.0 Å². The molecular formula is C16H19ClN4OS. The van der Waals surface area contributed by atoms with Crippen molar-refractivity contribution < 1.29 is 4.79 Å². The average Bonchev–Trinajstić information content (AvgIpc) is 2.96. The van der Waals surface area contributed by atoms with Gasteiger partial charge in [-0.05, 0) is 44.0 Å². The van der Waals surface area contributed by atoms with E-state index in [0.717, 1.165) is 31.2 Å². The number of carbonyl (C=O) groups excluding carboxylic acids is 1. The number of carbonyl (C=O) groups is 1. The van der Waals surface area contributed by atoms with Crippen molar-refractivity contribution in [2.75, 3.05) is 18.4 Å². The van der Waals surface area contributed by atoms with Crippen LogP contribution in [0.2, 0.25) is 5.02 Å². The first-order valence-electron chi connectivity index (χ1n) is 7.70. The fourth-order valence-electron chi connectivity index (χ4n) is 2.58. The van der Waals surface area contributed by atoms with Crippen molar-refractivity contribution in [2.24, 2.45) is 5.92 Å². The van der Waals surface area contributed by atoms with Crippen LogP contribution in [0.5, 0.6) is 0 Å². The number of anilines is 1. The molecule has 1 N–H and O–H groups in total. The number of nitrogens with zero attached hydrogens (tertiary/aromatic N) is 3. The Bertz CT molecular complexity index is 682. The highest BCUT2D eigenvalue weighted by Gasteiger charge is 2.17. The minimum absolute atomic E-state index is 0.291. The predicted octanol–water partition coefficient (Wildman–Crippen LogP) is 3.68. The van der Waals surface area contributed by atoms with Crippen LogP contribution >= 0.6 is 22.9 Å². The molecule has 0 aromatic carbocycles. The van der Waals surface area contributed by atoms with Crippen molar-refractivity contribution in [3.05, 3.63) is 40.1 Å². The second kappa shape index (κ2) is 7.38. The molecule has 1 fully saturated rings. The van der Waals surface area contributed by atoms with Gasteiger partial charge in [0.1, 0.15) is 5.69 Å². The van der Waals surface area contributed by atoms with Crippen molar-refractivity contribution in [3.8, 4) is 0 Å². The Balaban J connectivity index is 1.58. The highest BCUT2D eigenvalue weighted by molar-refractivity contribution is 7.13. The number of pyridine rings is 1. The van der Waals surface area contributed by atoms with Gasteiger partial charge in [-0.15, -0.1) is 11.3 Å². The predicted molar refractivity (Wildman–Crippen MR) is 93.0 cm³/mol. The summed E-state index contributed by atoms with van der Waals surface area (Å²) in [6.07, 6.45) is 4.00. The van der Waals surface area contributed by atoms with E-state index in [2.05, 4.69) is 27.1 Å². The Morgan fingerprint density at radius 3 is 3.00 bits per heavy atom. The van der Waals surface area contributed by atoms with E-state index in [4.69, 9.17) is 11.6 Å². The van der Waals surface area contributed by atoms with Gasteiger partial charge in [0.05, 0.1) is 5.69 Å². The van der Waals surface area contributed by atoms with Crippen LogP contribution < -0.4 is 5.32 Å². The minimum atomic E-state index is -0.291. The number of hydrogen-bond donors (Lipinski definition) is 1. The summed E-state index contributed by atoms with van der Waals surface area (Å²) in [5, 5.41) is 5.86. The lowest BCUT2D eigenvalue weighted by Gasteiger charge is -2.29.